The van der Waals surface area contributed by atoms with Crippen molar-refractivity contribution in [2.24, 2.45) is 0 Å². The first kappa shape index (κ1) is 17.9. The zero-order valence-electron chi connectivity index (χ0n) is 15.4. The number of fused-ring (bicyclic) bond motifs is 1. The number of hydrogen-bond acceptors (Lipinski definition) is 7. The number of nitrogens with zero attached hydrogens (tertiary/aromatic N) is 5. The van der Waals surface area contributed by atoms with Crippen molar-refractivity contribution in [2.75, 3.05) is 0 Å². The molecule has 4 rings (SSSR count). The number of aromatic nitrogens is 6. The summed E-state index contributed by atoms with van der Waals surface area (Å²) in [5, 5.41) is 13.5. The molecule has 9 heteroatoms. The molecule has 3 heterocycles. The standard InChI is InChI=1S/C18H18N6OS2/c1-9-6-5-7-10(2)15(9)24-18(21-22-23-24)26-8-13-19-16(25)14-11(3)12(4)27-17(14)20-13/h5-7H,8H2,1-4H3,(H,19,20,25). The van der Waals surface area contributed by atoms with Crippen molar-refractivity contribution in [3.8, 4) is 5.69 Å². The quantitative estimate of drug-likeness (QED) is 0.529. The van der Waals surface area contributed by atoms with Gasteiger partial charge in [-0.05, 0) is 54.8 Å². The maximum Gasteiger partial charge on any atom is 0.259 e. The van der Waals surface area contributed by atoms with Gasteiger partial charge in [-0.15, -0.1) is 16.4 Å². The lowest BCUT2D eigenvalue weighted by atomic mass is 10.1. The first-order chi connectivity index (χ1) is 13.0. The number of para-hydroxylation sites is 1. The summed E-state index contributed by atoms with van der Waals surface area (Å²) < 4.78 is 1.74. The molecular formula is C18H18N6OS2. The second-order valence-corrected chi connectivity index (χ2v) is 8.52. The van der Waals surface area contributed by atoms with Crippen LogP contribution in [0.2, 0.25) is 0 Å². The normalized spacial score (nSPS) is 11.4. The van der Waals surface area contributed by atoms with E-state index in [1.54, 1.807) is 16.0 Å². The highest BCUT2D eigenvalue weighted by Crippen LogP contribution is 2.28. The number of aromatic amines is 1. The Morgan fingerprint density at radius 3 is 2.67 bits per heavy atom. The first-order valence-corrected chi connectivity index (χ1v) is 10.2. The fourth-order valence-corrected chi connectivity index (χ4v) is 4.85. The van der Waals surface area contributed by atoms with Gasteiger partial charge in [-0.2, -0.15) is 4.68 Å². The predicted molar refractivity (Wildman–Crippen MR) is 108 cm³/mol. The molecule has 1 N–H and O–H groups in total. The Balaban J connectivity index is 1.65. The number of H-pyrrole nitrogens is 1. The molecular weight excluding hydrogens is 380 g/mol. The van der Waals surface area contributed by atoms with E-state index >= 15 is 0 Å². The number of rotatable bonds is 4. The second-order valence-electron chi connectivity index (χ2n) is 6.38. The number of hydrogen-bond donors (Lipinski definition) is 1. The third-order valence-corrected chi connectivity index (χ3v) is 6.55. The van der Waals surface area contributed by atoms with Crippen LogP contribution in [0.1, 0.15) is 27.4 Å². The highest BCUT2D eigenvalue weighted by molar-refractivity contribution is 7.98. The van der Waals surface area contributed by atoms with Crippen molar-refractivity contribution in [1.82, 2.24) is 30.2 Å². The van der Waals surface area contributed by atoms with Crippen LogP contribution in [-0.4, -0.2) is 30.2 Å². The van der Waals surface area contributed by atoms with Gasteiger partial charge in [-0.1, -0.05) is 30.0 Å². The van der Waals surface area contributed by atoms with Gasteiger partial charge in [0.1, 0.15) is 10.7 Å². The van der Waals surface area contributed by atoms with Gasteiger partial charge in [0.2, 0.25) is 5.16 Å². The van der Waals surface area contributed by atoms with Crippen LogP contribution < -0.4 is 5.56 Å². The number of aryl methyl sites for hydroxylation is 4. The highest BCUT2D eigenvalue weighted by atomic mass is 32.2. The van der Waals surface area contributed by atoms with Crippen molar-refractivity contribution < 1.29 is 0 Å². The molecule has 0 unspecified atom stereocenters. The summed E-state index contributed by atoms with van der Waals surface area (Å²) in [6.45, 7) is 8.03. The van der Waals surface area contributed by atoms with Gasteiger partial charge in [0.05, 0.1) is 16.8 Å². The average molecular weight is 399 g/mol. The Labute approximate surface area is 163 Å². The third-order valence-electron chi connectivity index (χ3n) is 4.52. The van der Waals surface area contributed by atoms with Crippen molar-refractivity contribution >= 4 is 33.3 Å². The van der Waals surface area contributed by atoms with E-state index < -0.39 is 0 Å². The Hall–Kier alpha value is -2.52. The van der Waals surface area contributed by atoms with E-state index in [2.05, 4.69) is 25.5 Å². The lowest BCUT2D eigenvalue weighted by molar-refractivity contribution is 0.747. The monoisotopic (exact) mass is 398 g/mol. The molecule has 3 aromatic heterocycles. The first-order valence-electron chi connectivity index (χ1n) is 8.42. The lowest BCUT2D eigenvalue weighted by Crippen LogP contribution is -2.11. The van der Waals surface area contributed by atoms with Crippen LogP contribution in [0.5, 0.6) is 0 Å². The minimum atomic E-state index is -0.0909. The smallest absolute Gasteiger partial charge is 0.259 e. The second kappa shape index (κ2) is 6.90. The summed E-state index contributed by atoms with van der Waals surface area (Å²) in [5.41, 5.74) is 4.09. The van der Waals surface area contributed by atoms with Gasteiger partial charge >= 0.3 is 0 Å². The lowest BCUT2D eigenvalue weighted by Gasteiger charge is -2.10. The van der Waals surface area contributed by atoms with E-state index in [9.17, 15) is 4.79 Å². The molecule has 27 heavy (non-hydrogen) atoms. The molecule has 0 spiro atoms. The Morgan fingerprint density at radius 2 is 1.93 bits per heavy atom. The van der Waals surface area contributed by atoms with E-state index in [0.29, 0.717) is 22.1 Å². The molecule has 0 atom stereocenters. The van der Waals surface area contributed by atoms with E-state index in [1.165, 1.54) is 11.8 Å². The van der Waals surface area contributed by atoms with Gasteiger partial charge in [0.15, 0.2) is 0 Å². The topological polar surface area (TPSA) is 89.3 Å². The zero-order chi connectivity index (χ0) is 19.1. The maximum absolute atomic E-state index is 12.4. The Kier molecular flexibility index (Phi) is 4.56. The molecule has 0 bridgehead atoms. The molecule has 0 aliphatic rings. The van der Waals surface area contributed by atoms with Crippen LogP contribution in [0.15, 0.2) is 28.2 Å². The molecule has 0 aliphatic carbocycles. The minimum absolute atomic E-state index is 0.0909. The molecule has 4 aromatic rings. The van der Waals surface area contributed by atoms with Crippen molar-refractivity contribution in [3.05, 3.63) is 55.9 Å². The van der Waals surface area contributed by atoms with Gasteiger partial charge in [0.25, 0.3) is 5.56 Å². The van der Waals surface area contributed by atoms with E-state index in [4.69, 9.17) is 0 Å². The summed E-state index contributed by atoms with van der Waals surface area (Å²) in [7, 11) is 0. The highest BCUT2D eigenvalue weighted by Gasteiger charge is 2.15. The summed E-state index contributed by atoms with van der Waals surface area (Å²) in [4.78, 5) is 21.8. The van der Waals surface area contributed by atoms with E-state index in [-0.39, 0.29) is 5.56 Å². The molecule has 1 aromatic carbocycles. The number of thioether (sulfide) groups is 1. The number of thiophene rings is 1. The fourth-order valence-electron chi connectivity index (χ4n) is 3.05. The SMILES string of the molecule is Cc1cccc(C)c1-n1nnnc1SCc1nc2sc(C)c(C)c2c(=O)[nH]1. The molecule has 138 valence electrons. The zero-order valence-corrected chi connectivity index (χ0v) is 17.0. The third kappa shape index (κ3) is 3.17. The minimum Gasteiger partial charge on any atom is -0.309 e. The molecule has 0 saturated heterocycles. The van der Waals surface area contributed by atoms with Gasteiger partial charge < -0.3 is 4.98 Å². The van der Waals surface area contributed by atoms with Crippen molar-refractivity contribution in [2.45, 2.75) is 38.6 Å². The van der Waals surface area contributed by atoms with E-state index in [0.717, 1.165) is 32.1 Å². The summed E-state index contributed by atoms with van der Waals surface area (Å²) in [5.74, 6) is 1.10. The van der Waals surface area contributed by atoms with Crippen LogP contribution >= 0.6 is 23.1 Å². The molecule has 0 amide bonds. The van der Waals surface area contributed by atoms with Crippen LogP contribution in [0.3, 0.4) is 0 Å². The number of tetrazole rings is 1. The van der Waals surface area contributed by atoms with Gasteiger partial charge in [-0.25, -0.2) is 4.98 Å². The summed E-state index contributed by atoms with van der Waals surface area (Å²) in [6.07, 6.45) is 0. The summed E-state index contributed by atoms with van der Waals surface area (Å²) >= 11 is 2.99. The largest absolute Gasteiger partial charge is 0.309 e. The number of benzene rings is 1. The molecule has 0 radical (unpaired) electrons. The van der Waals surface area contributed by atoms with Crippen LogP contribution in [0.4, 0.5) is 0 Å². The van der Waals surface area contributed by atoms with E-state index in [1.807, 2.05) is 45.9 Å². The molecule has 0 saturated carbocycles. The van der Waals surface area contributed by atoms with Crippen molar-refractivity contribution in [1.29, 1.82) is 0 Å². The Bertz CT molecular complexity index is 1190. The number of nitrogens with one attached hydrogen (secondary N) is 1. The summed E-state index contributed by atoms with van der Waals surface area (Å²) in [6, 6.07) is 6.08. The van der Waals surface area contributed by atoms with Gasteiger partial charge in [0, 0.05) is 4.88 Å². The fraction of sp³-hybridized carbons (Fsp3) is 0.278. The molecule has 0 fully saturated rings. The Morgan fingerprint density at radius 1 is 1.19 bits per heavy atom. The van der Waals surface area contributed by atoms with Crippen LogP contribution in [-0.2, 0) is 5.75 Å². The van der Waals surface area contributed by atoms with Gasteiger partial charge in [-0.3, -0.25) is 4.79 Å². The predicted octanol–water partition coefficient (Wildman–Crippen LogP) is 3.49. The molecule has 7 nitrogen and oxygen atoms in total. The van der Waals surface area contributed by atoms with Crippen LogP contribution in [0.25, 0.3) is 15.9 Å². The average Bonchev–Trinajstić information content (AvgIpc) is 3.18. The van der Waals surface area contributed by atoms with Crippen molar-refractivity contribution in [3.63, 3.8) is 0 Å². The maximum atomic E-state index is 12.4. The van der Waals surface area contributed by atoms with Crippen LogP contribution in [0, 0.1) is 27.7 Å². The molecule has 0 aliphatic heterocycles.